The summed E-state index contributed by atoms with van der Waals surface area (Å²) in [5.41, 5.74) is 4.00. The van der Waals surface area contributed by atoms with Crippen molar-refractivity contribution < 1.29 is 14.3 Å². The number of fused-ring (bicyclic) bond motifs is 1. The second-order valence-corrected chi connectivity index (χ2v) is 8.30. The number of hydrogen-bond acceptors (Lipinski definition) is 5. The van der Waals surface area contributed by atoms with Gasteiger partial charge in [-0.15, -0.1) is 0 Å². The van der Waals surface area contributed by atoms with Gasteiger partial charge in [-0.05, 0) is 25.8 Å². The Morgan fingerprint density at radius 3 is 2.68 bits per heavy atom. The van der Waals surface area contributed by atoms with E-state index in [1.165, 1.54) is 0 Å². The molecule has 1 aromatic carbocycles. The molecule has 3 aromatic rings. The van der Waals surface area contributed by atoms with E-state index in [9.17, 15) is 9.59 Å². The molecule has 1 aliphatic carbocycles. The van der Waals surface area contributed by atoms with E-state index in [2.05, 4.69) is 20.6 Å². The smallest absolute Gasteiger partial charge is 0.236 e. The molecule has 1 amide bonds. The van der Waals surface area contributed by atoms with Crippen molar-refractivity contribution in [2.75, 3.05) is 11.9 Å². The Morgan fingerprint density at radius 2 is 1.94 bits per heavy atom. The Balaban J connectivity index is 1.32. The van der Waals surface area contributed by atoms with Gasteiger partial charge < -0.3 is 10.1 Å². The van der Waals surface area contributed by atoms with Gasteiger partial charge in [-0.2, -0.15) is 10.2 Å². The molecular formula is C23H25N5O3. The highest BCUT2D eigenvalue weighted by Gasteiger charge is 2.36. The molecule has 160 valence electrons. The lowest BCUT2D eigenvalue weighted by atomic mass is 9.75. The van der Waals surface area contributed by atoms with Crippen LogP contribution in [-0.4, -0.2) is 38.3 Å². The summed E-state index contributed by atoms with van der Waals surface area (Å²) in [4.78, 5) is 26.4. The fourth-order valence-electron chi connectivity index (χ4n) is 4.57. The molecule has 0 radical (unpaired) electrons. The number of H-pyrrole nitrogens is 1. The molecule has 1 aliphatic heterocycles. The van der Waals surface area contributed by atoms with Gasteiger partial charge in [-0.25, -0.2) is 4.68 Å². The Hall–Kier alpha value is -3.42. The van der Waals surface area contributed by atoms with Crippen LogP contribution >= 0.6 is 0 Å². The Labute approximate surface area is 180 Å². The third kappa shape index (κ3) is 3.73. The minimum atomic E-state index is -0.355. The summed E-state index contributed by atoms with van der Waals surface area (Å²) in [6.45, 7) is 3.20. The number of nitrogens with zero attached hydrogens (tertiary/aromatic N) is 3. The number of aryl methyl sites for hydroxylation is 1. The van der Waals surface area contributed by atoms with Gasteiger partial charge in [-0.1, -0.05) is 37.1 Å². The van der Waals surface area contributed by atoms with Crippen LogP contribution in [0.4, 0.5) is 5.69 Å². The van der Waals surface area contributed by atoms with Crippen LogP contribution in [0.15, 0.2) is 36.5 Å². The molecule has 31 heavy (non-hydrogen) atoms. The number of ketones is 1. The summed E-state index contributed by atoms with van der Waals surface area (Å²) in [5, 5.41) is 14.4. The van der Waals surface area contributed by atoms with E-state index < -0.39 is 0 Å². The number of aromatic nitrogens is 4. The van der Waals surface area contributed by atoms with Crippen LogP contribution < -0.4 is 10.1 Å². The summed E-state index contributed by atoms with van der Waals surface area (Å²) in [6.07, 6.45) is 4.94. The first-order chi connectivity index (χ1) is 15.1. The molecule has 8 nitrogen and oxygen atoms in total. The van der Waals surface area contributed by atoms with E-state index in [0.29, 0.717) is 36.7 Å². The molecule has 0 bridgehead atoms. The van der Waals surface area contributed by atoms with Gasteiger partial charge in [-0.3, -0.25) is 14.7 Å². The Kier molecular flexibility index (Phi) is 5.05. The van der Waals surface area contributed by atoms with Crippen LogP contribution in [0.2, 0.25) is 0 Å². The zero-order valence-corrected chi connectivity index (χ0v) is 17.4. The number of ether oxygens (including phenoxy) is 1. The number of benzene rings is 1. The highest BCUT2D eigenvalue weighted by atomic mass is 16.5. The van der Waals surface area contributed by atoms with E-state index in [-0.39, 0.29) is 23.5 Å². The van der Waals surface area contributed by atoms with Gasteiger partial charge in [0.05, 0.1) is 18.4 Å². The first kappa shape index (κ1) is 19.5. The van der Waals surface area contributed by atoms with Crippen molar-refractivity contribution >= 4 is 17.4 Å². The van der Waals surface area contributed by atoms with E-state index in [1.807, 2.05) is 37.3 Å². The minimum Gasteiger partial charge on any atom is -0.474 e. The maximum Gasteiger partial charge on any atom is 0.236 e. The van der Waals surface area contributed by atoms with Crippen molar-refractivity contribution in [3.63, 3.8) is 0 Å². The van der Waals surface area contributed by atoms with E-state index in [1.54, 1.807) is 10.9 Å². The number of anilines is 1. The molecule has 3 heterocycles. The first-order valence-electron chi connectivity index (χ1n) is 10.8. The lowest BCUT2D eigenvalue weighted by Gasteiger charge is -2.29. The number of nitrogens with one attached hydrogen (secondary N) is 2. The zero-order chi connectivity index (χ0) is 21.4. The van der Waals surface area contributed by atoms with Gasteiger partial charge in [0.15, 0.2) is 5.78 Å². The standard InChI is InChI=1S/C23H25N5O3/c1-14-12-19(27-26-14)15-6-8-16(9-7-15)21(29)17-4-2-3-5-18(17)22(30)25-20-13-24-28-10-11-31-23(20)28/h6-9,12-13,17-18H,2-5,10-11H2,1H3,(H,25,30)(H,26,27). The lowest BCUT2D eigenvalue weighted by molar-refractivity contribution is -0.122. The Morgan fingerprint density at radius 1 is 1.16 bits per heavy atom. The summed E-state index contributed by atoms with van der Waals surface area (Å²) in [6, 6.07) is 9.46. The average molecular weight is 419 g/mol. The zero-order valence-electron chi connectivity index (χ0n) is 17.4. The van der Waals surface area contributed by atoms with Crippen molar-refractivity contribution in [1.82, 2.24) is 20.0 Å². The number of carbonyl (C=O) groups is 2. The molecule has 2 N–H and O–H groups in total. The molecule has 5 rings (SSSR count). The molecular weight excluding hydrogens is 394 g/mol. The summed E-state index contributed by atoms with van der Waals surface area (Å²) in [7, 11) is 0. The molecule has 8 heteroatoms. The topological polar surface area (TPSA) is 102 Å². The van der Waals surface area contributed by atoms with Crippen LogP contribution in [0, 0.1) is 18.8 Å². The van der Waals surface area contributed by atoms with Gasteiger partial charge in [0.25, 0.3) is 0 Å². The van der Waals surface area contributed by atoms with Gasteiger partial charge in [0, 0.05) is 28.7 Å². The number of rotatable bonds is 5. The molecule has 0 spiro atoms. The predicted molar refractivity (Wildman–Crippen MR) is 115 cm³/mol. The first-order valence-corrected chi connectivity index (χ1v) is 10.8. The quantitative estimate of drug-likeness (QED) is 0.615. The molecule has 2 unspecified atom stereocenters. The van der Waals surface area contributed by atoms with Crippen LogP contribution in [0.25, 0.3) is 11.3 Å². The van der Waals surface area contributed by atoms with Crippen molar-refractivity contribution in [2.24, 2.45) is 11.8 Å². The molecule has 2 aromatic heterocycles. The third-order valence-corrected chi connectivity index (χ3v) is 6.20. The van der Waals surface area contributed by atoms with Crippen LogP contribution in [-0.2, 0) is 11.3 Å². The number of Topliss-reactive ketones (excluding diaryl/α,β-unsaturated/α-hetero) is 1. The predicted octanol–water partition coefficient (Wildman–Crippen LogP) is 3.60. The summed E-state index contributed by atoms with van der Waals surface area (Å²) < 4.78 is 7.30. The van der Waals surface area contributed by atoms with Gasteiger partial charge in [0.1, 0.15) is 12.3 Å². The summed E-state index contributed by atoms with van der Waals surface area (Å²) in [5.74, 6) is -0.186. The van der Waals surface area contributed by atoms with Crippen molar-refractivity contribution in [2.45, 2.75) is 39.2 Å². The van der Waals surface area contributed by atoms with Crippen LogP contribution in [0.3, 0.4) is 0 Å². The molecule has 1 fully saturated rings. The highest BCUT2D eigenvalue weighted by molar-refractivity contribution is 6.03. The third-order valence-electron chi connectivity index (χ3n) is 6.20. The fraction of sp³-hybridized carbons (Fsp3) is 0.391. The Bertz CT molecular complexity index is 1110. The molecule has 1 saturated carbocycles. The van der Waals surface area contributed by atoms with Crippen molar-refractivity contribution in [1.29, 1.82) is 0 Å². The molecule has 2 aliphatic rings. The van der Waals surface area contributed by atoms with Gasteiger partial charge in [0.2, 0.25) is 11.8 Å². The SMILES string of the molecule is Cc1cc(-c2ccc(C(=O)C3CCCCC3C(=O)Nc3cnn4c3OCC4)cc2)n[nH]1. The largest absolute Gasteiger partial charge is 0.474 e. The normalized spacial score (nSPS) is 20.2. The molecule has 0 saturated heterocycles. The van der Waals surface area contributed by atoms with Crippen LogP contribution in [0.1, 0.15) is 41.7 Å². The number of carbonyl (C=O) groups excluding carboxylic acids is 2. The van der Waals surface area contributed by atoms with Crippen molar-refractivity contribution in [3.8, 4) is 17.1 Å². The average Bonchev–Trinajstić information content (AvgIpc) is 3.52. The maximum atomic E-state index is 13.3. The highest BCUT2D eigenvalue weighted by Crippen LogP contribution is 2.35. The lowest BCUT2D eigenvalue weighted by Crippen LogP contribution is -2.36. The maximum absolute atomic E-state index is 13.3. The molecule has 2 atom stereocenters. The summed E-state index contributed by atoms with van der Waals surface area (Å²) >= 11 is 0. The number of amides is 1. The van der Waals surface area contributed by atoms with Crippen LogP contribution in [0.5, 0.6) is 5.88 Å². The van der Waals surface area contributed by atoms with Crippen molar-refractivity contribution in [3.05, 3.63) is 47.8 Å². The van der Waals surface area contributed by atoms with E-state index in [4.69, 9.17) is 4.74 Å². The van der Waals surface area contributed by atoms with Gasteiger partial charge >= 0.3 is 0 Å². The number of aromatic amines is 1. The fourth-order valence-corrected chi connectivity index (χ4v) is 4.57. The minimum absolute atomic E-state index is 0.0288. The second kappa shape index (κ2) is 8.02. The second-order valence-electron chi connectivity index (χ2n) is 8.30. The van der Waals surface area contributed by atoms with E-state index >= 15 is 0 Å². The number of hydrogen-bond donors (Lipinski definition) is 2. The monoisotopic (exact) mass is 419 g/mol. The van der Waals surface area contributed by atoms with E-state index in [0.717, 1.165) is 36.2 Å².